The molecular formula is C6H20GeN2-2. The van der Waals surface area contributed by atoms with Crippen molar-refractivity contribution in [1.82, 2.24) is 0 Å². The predicted octanol–water partition coefficient (Wildman–Crippen LogP) is -0.0856. The summed E-state index contributed by atoms with van der Waals surface area (Å²) in [5.74, 6) is 0. The average molecular weight is 193 g/mol. The number of nitrogens with two attached hydrogens (primary N) is 2. The molecule has 0 aromatic heterocycles. The molecule has 2 nitrogen and oxygen atoms in total. The third-order valence-corrected chi connectivity index (χ3v) is 5.60. The minimum absolute atomic E-state index is 0. The van der Waals surface area contributed by atoms with Crippen molar-refractivity contribution in [1.29, 1.82) is 0 Å². The summed E-state index contributed by atoms with van der Waals surface area (Å²) in [5, 5.41) is 2.92. The summed E-state index contributed by atoms with van der Waals surface area (Å²) < 4.78 is 0. The molecule has 0 aliphatic carbocycles. The summed E-state index contributed by atoms with van der Waals surface area (Å²) in [6, 6.07) is 0. The second kappa shape index (κ2) is 8.46. The molecule has 0 spiro atoms. The second-order valence-electron chi connectivity index (χ2n) is 2.35. The Hall–Kier alpha value is 0.463. The van der Waals surface area contributed by atoms with Gasteiger partial charge in [-0.3, -0.25) is 0 Å². The van der Waals surface area contributed by atoms with Crippen LogP contribution in [-0.2, 0) is 0 Å². The molecule has 9 heavy (non-hydrogen) atoms. The molecule has 3 heteroatoms. The molecule has 0 saturated carbocycles. The Labute approximate surface area is 66.8 Å². The van der Waals surface area contributed by atoms with E-state index >= 15 is 0 Å². The molecule has 0 aliphatic heterocycles. The van der Waals surface area contributed by atoms with Crippen LogP contribution < -0.4 is 11.5 Å². The average Bonchev–Trinajstić information content (AvgIpc) is 1.89. The van der Waals surface area contributed by atoms with Crippen LogP contribution in [-0.4, -0.2) is 28.5 Å². The monoisotopic (exact) mass is 194 g/mol. The van der Waals surface area contributed by atoms with E-state index in [1.165, 1.54) is 23.3 Å². The van der Waals surface area contributed by atoms with E-state index in [9.17, 15) is 0 Å². The predicted molar refractivity (Wildman–Crippen MR) is 47.7 cm³/mol. The molecule has 0 bridgehead atoms. The quantitative estimate of drug-likeness (QED) is 0.457. The van der Waals surface area contributed by atoms with Gasteiger partial charge in [-0.25, -0.2) is 0 Å². The molecule has 0 atom stereocenters. The minimum Gasteiger partial charge on any atom is -1.00 e. The van der Waals surface area contributed by atoms with Crippen molar-refractivity contribution < 1.29 is 2.85 Å². The molecule has 0 amide bonds. The van der Waals surface area contributed by atoms with Gasteiger partial charge in [0.2, 0.25) is 0 Å². The van der Waals surface area contributed by atoms with Crippen molar-refractivity contribution in [3.63, 3.8) is 0 Å². The fraction of sp³-hybridized carbons (Fsp3) is 1.00. The molecule has 4 N–H and O–H groups in total. The molecule has 0 fully saturated rings. The van der Waals surface area contributed by atoms with Gasteiger partial charge in [0.25, 0.3) is 0 Å². The van der Waals surface area contributed by atoms with Gasteiger partial charge in [0.15, 0.2) is 0 Å². The van der Waals surface area contributed by atoms with Gasteiger partial charge < -0.3 is 2.85 Å². The smallest absolute Gasteiger partial charge is 1.00 e. The Kier molecular flexibility index (Phi) is 8.90. The molecule has 0 saturated heterocycles. The second-order valence-corrected chi connectivity index (χ2v) is 6.80. The Balaban J connectivity index is -0.000000320. The first-order valence-corrected chi connectivity index (χ1v) is 8.01. The van der Waals surface area contributed by atoms with Crippen LogP contribution in [0.25, 0.3) is 0 Å². The van der Waals surface area contributed by atoms with Crippen molar-refractivity contribution in [3.05, 3.63) is 0 Å². The fourth-order valence-corrected chi connectivity index (χ4v) is 4.26. The third-order valence-electron chi connectivity index (χ3n) is 1.41. The van der Waals surface area contributed by atoms with Crippen LogP contribution in [0.4, 0.5) is 0 Å². The first-order chi connectivity index (χ1) is 4.41. The SMILES string of the molecule is NCC[CH2][GeH2][CH2]CCN.[H-].[H-]. The van der Waals surface area contributed by atoms with Crippen LogP contribution in [0.1, 0.15) is 15.7 Å². The first kappa shape index (κ1) is 9.46. The molecule has 0 unspecified atom stereocenters. The van der Waals surface area contributed by atoms with Crippen molar-refractivity contribution in [2.24, 2.45) is 11.5 Å². The zero-order chi connectivity index (χ0) is 6.95. The Morgan fingerprint density at radius 1 is 1.00 bits per heavy atom. The van der Waals surface area contributed by atoms with Gasteiger partial charge in [-0.2, -0.15) is 0 Å². The van der Waals surface area contributed by atoms with Crippen molar-refractivity contribution in [2.75, 3.05) is 13.1 Å². The summed E-state index contributed by atoms with van der Waals surface area (Å²) in [4.78, 5) is 0. The fourth-order valence-electron chi connectivity index (χ4n) is 0.819. The van der Waals surface area contributed by atoms with Crippen LogP contribution in [0.15, 0.2) is 0 Å². The van der Waals surface area contributed by atoms with Crippen LogP contribution in [0.3, 0.4) is 0 Å². The maximum atomic E-state index is 5.35. The van der Waals surface area contributed by atoms with Crippen molar-refractivity contribution in [3.8, 4) is 0 Å². The Morgan fingerprint density at radius 2 is 1.44 bits per heavy atom. The van der Waals surface area contributed by atoms with E-state index in [4.69, 9.17) is 11.5 Å². The third kappa shape index (κ3) is 8.46. The van der Waals surface area contributed by atoms with E-state index in [1.54, 1.807) is 0 Å². The standard InChI is InChI=1S/C6H18GeN2.2H/c8-5-1-3-7-4-2-6-9;;/h1-9H2;;/q;2*-1. The molecule has 0 radical (unpaired) electrons. The topological polar surface area (TPSA) is 52.0 Å². The Morgan fingerprint density at radius 3 is 1.78 bits per heavy atom. The molecule has 0 heterocycles. The van der Waals surface area contributed by atoms with Gasteiger partial charge in [0.1, 0.15) is 0 Å². The Bertz CT molecular complexity index is 51.8. The molecular weight excluding hydrogens is 173 g/mol. The van der Waals surface area contributed by atoms with Crippen molar-refractivity contribution >= 4 is 15.4 Å². The summed E-state index contributed by atoms with van der Waals surface area (Å²) in [6.45, 7) is 1.77. The summed E-state index contributed by atoms with van der Waals surface area (Å²) >= 11 is -0.145. The van der Waals surface area contributed by atoms with Crippen molar-refractivity contribution in [2.45, 2.75) is 23.3 Å². The van der Waals surface area contributed by atoms with Crippen LogP contribution >= 0.6 is 0 Å². The van der Waals surface area contributed by atoms with E-state index < -0.39 is 0 Å². The van der Waals surface area contributed by atoms with Gasteiger partial charge in [0, 0.05) is 0 Å². The van der Waals surface area contributed by atoms with Crippen LogP contribution in [0.5, 0.6) is 0 Å². The zero-order valence-corrected chi connectivity index (χ0v) is 9.07. The maximum Gasteiger partial charge on any atom is -1.00 e. The van der Waals surface area contributed by atoms with Crippen LogP contribution in [0, 0.1) is 0 Å². The minimum atomic E-state index is -0.145. The van der Waals surface area contributed by atoms with E-state index in [2.05, 4.69) is 0 Å². The number of hydrogen-bond acceptors (Lipinski definition) is 2. The molecule has 0 aliphatic rings. The van der Waals surface area contributed by atoms with Gasteiger partial charge in [0.05, 0.1) is 0 Å². The summed E-state index contributed by atoms with van der Waals surface area (Å²) in [6.07, 6.45) is 2.51. The first-order valence-electron chi connectivity index (χ1n) is 3.82. The molecule has 0 aromatic rings. The normalized spacial score (nSPS) is 10.0. The summed E-state index contributed by atoms with van der Waals surface area (Å²) in [7, 11) is 0. The zero-order valence-electron chi connectivity index (χ0n) is 8.10. The number of hydrogen-bond donors (Lipinski definition) is 2. The number of rotatable bonds is 6. The van der Waals surface area contributed by atoms with Gasteiger partial charge in [-0.05, 0) is 0 Å². The van der Waals surface area contributed by atoms with E-state index in [-0.39, 0.29) is 18.3 Å². The van der Waals surface area contributed by atoms with E-state index in [1.807, 2.05) is 0 Å². The van der Waals surface area contributed by atoms with Gasteiger partial charge >= 0.3 is 63.3 Å². The van der Waals surface area contributed by atoms with Crippen LogP contribution in [0.2, 0.25) is 10.5 Å². The molecule has 60 valence electrons. The largest absolute Gasteiger partial charge is 1.00 e. The summed E-state index contributed by atoms with van der Waals surface area (Å²) in [5.41, 5.74) is 10.7. The van der Waals surface area contributed by atoms with Gasteiger partial charge in [-0.15, -0.1) is 0 Å². The van der Waals surface area contributed by atoms with E-state index in [0.29, 0.717) is 0 Å². The maximum absolute atomic E-state index is 5.35. The molecule has 0 rings (SSSR count). The van der Waals surface area contributed by atoms with E-state index in [0.717, 1.165) is 13.1 Å². The van der Waals surface area contributed by atoms with Gasteiger partial charge in [-0.1, -0.05) is 0 Å². The molecule has 0 aromatic carbocycles.